The van der Waals surface area contributed by atoms with Crippen LogP contribution in [0, 0.1) is 0 Å². The Kier molecular flexibility index (Phi) is 9.67. The highest BCUT2D eigenvalue weighted by atomic mass is 16.1. The quantitative estimate of drug-likeness (QED) is 0.140. The maximum atomic E-state index is 12.6. The van der Waals surface area contributed by atoms with Crippen molar-refractivity contribution in [1.29, 1.82) is 0 Å². The lowest BCUT2D eigenvalue weighted by atomic mass is 10.0. The molecule has 37 heavy (non-hydrogen) atoms. The Hall–Kier alpha value is -3.86. The van der Waals surface area contributed by atoms with E-state index in [1.807, 2.05) is 84.9 Å². The van der Waals surface area contributed by atoms with Gasteiger partial charge in [0.25, 0.3) is 0 Å². The zero-order valence-corrected chi connectivity index (χ0v) is 21.9. The molecule has 0 unspecified atom stereocenters. The van der Waals surface area contributed by atoms with Gasteiger partial charge >= 0.3 is 0 Å². The van der Waals surface area contributed by atoms with Crippen molar-refractivity contribution in [2.24, 2.45) is 0 Å². The number of rotatable bonds is 11. The van der Waals surface area contributed by atoms with Crippen molar-refractivity contribution in [2.75, 3.05) is 20.6 Å². The van der Waals surface area contributed by atoms with Gasteiger partial charge in [-0.25, -0.2) is 0 Å². The van der Waals surface area contributed by atoms with E-state index in [0.717, 1.165) is 59.1 Å². The number of unbranched alkanes of at least 4 members (excludes halogenated alkanes) is 1. The highest BCUT2D eigenvalue weighted by molar-refractivity contribution is 6.09. The summed E-state index contributed by atoms with van der Waals surface area (Å²) in [5.74, 6) is 0.132. The molecule has 0 spiro atoms. The summed E-state index contributed by atoms with van der Waals surface area (Å²) in [6.45, 7) is 2.01. The number of carbonyl (C=O) groups excluding carboxylic acids is 2. The first kappa shape index (κ1) is 27.7. The Morgan fingerprint density at radius 2 is 0.946 bits per heavy atom. The molecule has 4 heteroatoms. The number of carbonyl (C=O) groups is 2. The lowest BCUT2D eigenvalue weighted by Gasteiger charge is -2.30. The van der Waals surface area contributed by atoms with Crippen LogP contribution in [0.15, 0.2) is 109 Å². The van der Waals surface area contributed by atoms with Gasteiger partial charge < -0.3 is 10.6 Å². The normalized spacial score (nSPS) is 11.0. The van der Waals surface area contributed by atoms with Gasteiger partial charge in [-0.05, 0) is 24.8 Å². The average Bonchev–Trinajstić information content (AvgIpc) is 2.92. The van der Waals surface area contributed by atoms with Gasteiger partial charge in [0.1, 0.15) is 6.54 Å². The minimum atomic E-state index is 0. The number of nitrogens with zero attached hydrogens (tertiary/aromatic N) is 1. The minimum absolute atomic E-state index is 0. The molecule has 0 amide bonds. The second-order valence-electron chi connectivity index (χ2n) is 10.1. The maximum Gasteiger partial charge on any atom is 0.193 e. The number of benzene rings is 4. The van der Waals surface area contributed by atoms with Crippen LogP contribution in [0.5, 0.6) is 0 Å². The molecule has 0 aliphatic carbocycles. The molecule has 0 aromatic heterocycles. The zero-order valence-electron chi connectivity index (χ0n) is 21.9. The minimum Gasteiger partial charge on any atom is -0.344 e. The Morgan fingerprint density at radius 1 is 0.541 bits per heavy atom. The molecule has 0 radical (unpaired) electrons. The van der Waals surface area contributed by atoms with Gasteiger partial charge in [-0.2, -0.15) is 0 Å². The molecule has 0 atom stereocenters. The summed E-state index contributed by atoms with van der Waals surface area (Å²) >= 11 is 0. The molecule has 3 N–H and O–H groups in total. The summed E-state index contributed by atoms with van der Waals surface area (Å²) in [6.07, 6.45) is 3.25. The van der Waals surface area contributed by atoms with Crippen LogP contribution >= 0.6 is 0 Å². The lowest BCUT2D eigenvalue weighted by molar-refractivity contribution is -0.903. The molecule has 0 aliphatic rings. The monoisotopic (exact) mass is 493 g/mol. The molecule has 0 aliphatic heterocycles. The van der Waals surface area contributed by atoms with Crippen LogP contribution in [0.1, 0.15) is 55.8 Å². The van der Waals surface area contributed by atoms with Gasteiger partial charge in [0.05, 0.1) is 20.6 Å². The van der Waals surface area contributed by atoms with Crippen molar-refractivity contribution in [1.82, 2.24) is 6.15 Å². The number of ketones is 2. The predicted molar refractivity (Wildman–Crippen MR) is 151 cm³/mol. The predicted octanol–water partition coefficient (Wildman–Crippen LogP) is 6.91. The van der Waals surface area contributed by atoms with Crippen LogP contribution in [-0.2, 0) is 13.0 Å². The first-order valence-electron chi connectivity index (χ1n) is 12.6. The van der Waals surface area contributed by atoms with Crippen molar-refractivity contribution < 1.29 is 14.1 Å². The van der Waals surface area contributed by atoms with Crippen LogP contribution < -0.4 is 6.15 Å². The number of aryl methyl sites for hydroxylation is 1. The maximum absolute atomic E-state index is 12.6. The van der Waals surface area contributed by atoms with E-state index in [4.69, 9.17) is 0 Å². The van der Waals surface area contributed by atoms with Crippen LogP contribution in [0.25, 0.3) is 0 Å². The topological polar surface area (TPSA) is 69.1 Å². The Labute approximate surface area is 220 Å². The molecule has 190 valence electrons. The standard InChI is InChI=1S/C33H34NO2.H3N/c1-34(2,25-27-18-22-31(23-19-27)33(36)29-14-7-4-8-15-29)24-10-9-11-26-16-20-30(21-17-26)32(35)28-12-5-3-6-13-28;/h3-8,12-23H,9-11,24-25H2,1-2H3;1H3/q+1;. The second-order valence-corrected chi connectivity index (χ2v) is 10.1. The summed E-state index contributed by atoms with van der Waals surface area (Å²) < 4.78 is 0.899. The first-order chi connectivity index (χ1) is 17.4. The molecule has 4 rings (SSSR count). The van der Waals surface area contributed by atoms with Crippen molar-refractivity contribution in [3.63, 3.8) is 0 Å². The van der Waals surface area contributed by atoms with Gasteiger partial charge in [0.2, 0.25) is 0 Å². The summed E-state index contributed by atoms with van der Waals surface area (Å²) in [5.41, 5.74) is 5.42. The van der Waals surface area contributed by atoms with E-state index in [2.05, 4.69) is 38.4 Å². The Bertz CT molecular complexity index is 1280. The molecule has 0 saturated heterocycles. The summed E-state index contributed by atoms with van der Waals surface area (Å²) in [4.78, 5) is 25.2. The van der Waals surface area contributed by atoms with Crippen molar-refractivity contribution >= 4 is 11.6 Å². The molecule has 0 heterocycles. The number of quaternary nitrogens is 1. The second kappa shape index (κ2) is 12.9. The van der Waals surface area contributed by atoms with Crippen LogP contribution in [0.3, 0.4) is 0 Å². The Morgan fingerprint density at radius 3 is 1.41 bits per heavy atom. The van der Waals surface area contributed by atoms with Gasteiger partial charge in [-0.3, -0.25) is 9.59 Å². The number of hydrogen-bond donors (Lipinski definition) is 1. The van der Waals surface area contributed by atoms with Gasteiger partial charge in [0, 0.05) is 27.8 Å². The molecule has 4 aromatic carbocycles. The molecule has 0 bridgehead atoms. The number of hydrogen-bond acceptors (Lipinski definition) is 3. The third-order valence-electron chi connectivity index (χ3n) is 6.59. The SMILES string of the molecule is C[N+](C)(CCCCc1ccc(C(=O)c2ccccc2)cc1)Cc1ccc(C(=O)c2ccccc2)cc1.N. The van der Waals surface area contributed by atoms with Gasteiger partial charge in [-0.1, -0.05) is 109 Å². The van der Waals surface area contributed by atoms with Crippen LogP contribution in [0.2, 0.25) is 0 Å². The Balaban J connectivity index is 0.00000380. The van der Waals surface area contributed by atoms with Crippen molar-refractivity contribution in [3.8, 4) is 0 Å². The molecule has 0 saturated carbocycles. The summed E-state index contributed by atoms with van der Waals surface area (Å²) in [7, 11) is 4.51. The zero-order chi connectivity index (χ0) is 25.4. The third-order valence-corrected chi connectivity index (χ3v) is 6.59. The fourth-order valence-corrected chi connectivity index (χ4v) is 4.54. The van der Waals surface area contributed by atoms with Gasteiger partial charge in [-0.15, -0.1) is 0 Å². The summed E-state index contributed by atoms with van der Waals surface area (Å²) in [5, 5.41) is 0. The third kappa shape index (κ3) is 7.81. The molecular formula is C33H37N2O2+. The van der Waals surface area contributed by atoms with E-state index >= 15 is 0 Å². The molecule has 4 nitrogen and oxygen atoms in total. The average molecular weight is 494 g/mol. The molecule has 0 fully saturated rings. The van der Waals surface area contributed by atoms with E-state index in [1.165, 1.54) is 11.1 Å². The van der Waals surface area contributed by atoms with Crippen molar-refractivity contribution in [2.45, 2.75) is 25.8 Å². The lowest BCUT2D eigenvalue weighted by Crippen LogP contribution is -2.39. The van der Waals surface area contributed by atoms with E-state index < -0.39 is 0 Å². The highest BCUT2D eigenvalue weighted by Crippen LogP contribution is 2.17. The van der Waals surface area contributed by atoms with Crippen LogP contribution in [-0.4, -0.2) is 36.7 Å². The fraction of sp³-hybridized carbons (Fsp3) is 0.212. The smallest absolute Gasteiger partial charge is 0.193 e. The first-order valence-corrected chi connectivity index (χ1v) is 12.6. The highest BCUT2D eigenvalue weighted by Gasteiger charge is 2.16. The van der Waals surface area contributed by atoms with Crippen LogP contribution in [0.4, 0.5) is 0 Å². The largest absolute Gasteiger partial charge is 0.344 e. The summed E-state index contributed by atoms with van der Waals surface area (Å²) in [6, 6.07) is 34.9. The van der Waals surface area contributed by atoms with E-state index in [0.29, 0.717) is 0 Å². The van der Waals surface area contributed by atoms with E-state index in [-0.39, 0.29) is 17.7 Å². The molecular weight excluding hydrogens is 456 g/mol. The molecule has 4 aromatic rings. The van der Waals surface area contributed by atoms with Gasteiger partial charge in [0.15, 0.2) is 11.6 Å². The van der Waals surface area contributed by atoms with E-state index in [1.54, 1.807) is 0 Å². The fourth-order valence-electron chi connectivity index (χ4n) is 4.54. The van der Waals surface area contributed by atoms with Crippen molar-refractivity contribution in [3.05, 3.63) is 143 Å². The van der Waals surface area contributed by atoms with E-state index in [9.17, 15) is 9.59 Å².